The Labute approximate surface area is 154 Å². The zero-order chi connectivity index (χ0) is 18.3. The predicted octanol–water partition coefficient (Wildman–Crippen LogP) is 2.62. The normalized spacial score (nSPS) is 31.5. The van der Waals surface area contributed by atoms with E-state index in [4.69, 9.17) is 9.47 Å². The van der Waals surface area contributed by atoms with Crippen LogP contribution in [0.15, 0.2) is 36.4 Å². The van der Waals surface area contributed by atoms with Crippen LogP contribution in [0.1, 0.15) is 30.9 Å². The number of ether oxygens (including phenoxy) is 2. The Balaban J connectivity index is 1.51. The van der Waals surface area contributed by atoms with Crippen molar-refractivity contribution in [2.24, 2.45) is 11.8 Å². The lowest BCUT2D eigenvalue weighted by Gasteiger charge is -2.22. The van der Waals surface area contributed by atoms with Gasteiger partial charge in [0.05, 0.1) is 25.2 Å². The van der Waals surface area contributed by atoms with E-state index < -0.39 is 17.4 Å². The highest BCUT2D eigenvalue weighted by Crippen LogP contribution is 2.52. The van der Waals surface area contributed by atoms with E-state index in [-0.39, 0.29) is 18.0 Å². The van der Waals surface area contributed by atoms with E-state index >= 15 is 0 Å². The average Bonchev–Trinajstić information content (AvgIpc) is 3.26. The Hall–Kier alpha value is -2.14. The van der Waals surface area contributed by atoms with Crippen LogP contribution < -0.4 is 0 Å². The van der Waals surface area contributed by atoms with E-state index in [9.17, 15) is 9.59 Å². The summed E-state index contributed by atoms with van der Waals surface area (Å²) in [5.41, 5.74) is 1.61. The fraction of sp³-hybridized carbons (Fsp3) is 0.524. The lowest BCUT2D eigenvalue weighted by Crippen LogP contribution is -2.40. The summed E-state index contributed by atoms with van der Waals surface area (Å²) in [6, 6.07) is 8.17. The molecule has 4 rings (SSSR count). The Bertz CT molecular complexity index is 741. The first-order valence-corrected chi connectivity index (χ1v) is 9.42. The molecule has 4 atom stereocenters. The molecular formula is C21H25NO4. The summed E-state index contributed by atoms with van der Waals surface area (Å²) in [5, 5.41) is 0. The molecule has 2 fully saturated rings. The summed E-state index contributed by atoms with van der Waals surface area (Å²) in [4.78, 5) is 27.5. The molecule has 3 heterocycles. The van der Waals surface area contributed by atoms with Gasteiger partial charge in [-0.3, -0.25) is 9.59 Å². The molecule has 2 saturated heterocycles. The number of hydrogen-bond donors (Lipinski definition) is 0. The fourth-order valence-electron chi connectivity index (χ4n) is 4.31. The van der Waals surface area contributed by atoms with Gasteiger partial charge in [-0.25, -0.2) is 0 Å². The lowest BCUT2D eigenvalue weighted by molar-refractivity contribution is -0.154. The van der Waals surface area contributed by atoms with E-state index in [0.29, 0.717) is 19.7 Å². The molecule has 5 heteroatoms. The zero-order valence-electron chi connectivity index (χ0n) is 15.3. The second kappa shape index (κ2) is 6.54. The van der Waals surface area contributed by atoms with E-state index in [2.05, 4.69) is 6.92 Å². The molecule has 1 aromatic rings. The molecule has 0 radical (unpaired) electrons. The van der Waals surface area contributed by atoms with Gasteiger partial charge in [-0.1, -0.05) is 55.3 Å². The first kappa shape index (κ1) is 17.3. The van der Waals surface area contributed by atoms with Crippen molar-refractivity contribution >= 4 is 11.9 Å². The second-order valence-electron chi connectivity index (χ2n) is 7.60. The maximum atomic E-state index is 13.1. The summed E-state index contributed by atoms with van der Waals surface area (Å²) < 4.78 is 11.5. The number of benzene rings is 1. The van der Waals surface area contributed by atoms with Crippen molar-refractivity contribution in [2.45, 2.75) is 44.9 Å². The zero-order valence-corrected chi connectivity index (χ0v) is 15.3. The molecule has 2 bridgehead atoms. The van der Waals surface area contributed by atoms with Gasteiger partial charge < -0.3 is 14.4 Å². The van der Waals surface area contributed by atoms with Gasteiger partial charge in [-0.2, -0.15) is 0 Å². The van der Waals surface area contributed by atoms with Gasteiger partial charge in [0.15, 0.2) is 0 Å². The molecule has 0 aromatic heterocycles. The third kappa shape index (κ3) is 2.75. The molecule has 3 aliphatic heterocycles. The van der Waals surface area contributed by atoms with Gasteiger partial charge in [0.2, 0.25) is 5.91 Å². The minimum atomic E-state index is -0.666. The largest absolute Gasteiger partial charge is 0.465 e. The Morgan fingerprint density at radius 1 is 1.35 bits per heavy atom. The third-order valence-corrected chi connectivity index (χ3v) is 5.69. The predicted molar refractivity (Wildman–Crippen MR) is 96.2 cm³/mol. The van der Waals surface area contributed by atoms with Crippen LogP contribution >= 0.6 is 0 Å². The highest BCUT2D eigenvalue weighted by Gasteiger charge is 2.67. The molecule has 0 N–H and O–H groups in total. The Morgan fingerprint density at radius 3 is 2.85 bits per heavy atom. The molecule has 0 aliphatic carbocycles. The van der Waals surface area contributed by atoms with Crippen LogP contribution in [-0.2, 0) is 25.6 Å². The summed E-state index contributed by atoms with van der Waals surface area (Å²) >= 11 is 0. The minimum Gasteiger partial charge on any atom is -0.465 e. The number of unbranched alkanes of at least 4 members (excludes halogenated alkanes) is 1. The maximum absolute atomic E-state index is 13.1. The van der Waals surface area contributed by atoms with E-state index in [1.807, 2.05) is 48.2 Å². The molecule has 1 aromatic carbocycles. The first-order chi connectivity index (χ1) is 12.5. The standard InChI is InChI=1S/C21H25NO4/c1-3-4-11-25-20(24)17-16-9-10-21(26-16)13-22(19(23)18(17)21)12-15-7-5-14(2)6-8-15/h5-10,16-18H,3-4,11-13H2,1-2H3/t16-,17+,18+,21-/m1/s1. The van der Waals surface area contributed by atoms with Crippen molar-refractivity contribution in [3.63, 3.8) is 0 Å². The van der Waals surface area contributed by atoms with Crippen molar-refractivity contribution < 1.29 is 19.1 Å². The molecule has 3 aliphatic rings. The topological polar surface area (TPSA) is 55.8 Å². The van der Waals surface area contributed by atoms with Crippen molar-refractivity contribution in [1.29, 1.82) is 0 Å². The van der Waals surface area contributed by atoms with Crippen LogP contribution in [0, 0.1) is 18.8 Å². The van der Waals surface area contributed by atoms with Gasteiger partial charge in [0.25, 0.3) is 0 Å². The summed E-state index contributed by atoms with van der Waals surface area (Å²) in [7, 11) is 0. The molecule has 26 heavy (non-hydrogen) atoms. The molecule has 0 unspecified atom stereocenters. The van der Waals surface area contributed by atoms with Gasteiger partial charge >= 0.3 is 5.97 Å². The minimum absolute atomic E-state index is 0.00475. The second-order valence-corrected chi connectivity index (χ2v) is 7.60. The van der Waals surface area contributed by atoms with Crippen LogP contribution in [0.3, 0.4) is 0 Å². The SMILES string of the molecule is CCCCOC(=O)[C@@H]1[C@H]2C(=O)N(Cc3ccc(C)cc3)C[C@]23C=C[C@H]1O3. The van der Waals surface area contributed by atoms with E-state index in [1.54, 1.807) is 0 Å². The molecule has 5 nitrogen and oxygen atoms in total. The quantitative estimate of drug-likeness (QED) is 0.447. The smallest absolute Gasteiger partial charge is 0.312 e. The van der Waals surface area contributed by atoms with Crippen molar-refractivity contribution in [3.8, 4) is 0 Å². The summed E-state index contributed by atoms with van der Waals surface area (Å²) in [5.74, 6) is -1.29. The highest BCUT2D eigenvalue weighted by atomic mass is 16.6. The summed E-state index contributed by atoms with van der Waals surface area (Å²) in [6.07, 6.45) is 5.37. The number of amides is 1. The van der Waals surface area contributed by atoms with E-state index in [0.717, 1.165) is 18.4 Å². The Morgan fingerprint density at radius 2 is 2.12 bits per heavy atom. The molecule has 1 amide bonds. The van der Waals surface area contributed by atoms with Crippen LogP contribution in [0.2, 0.25) is 0 Å². The van der Waals surface area contributed by atoms with Gasteiger partial charge in [-0.05, 0) is 18.9 Å². The van der Waals surface area contributed by atoms with Gasteiger partial charge in [0.1, 0.15) is 11.5 Å². The van der Waals surface area contributed by atoms with Gasteiger partial charge in [0, 0.05) is 6.54 Å². The highest BCUT2D eigenvalue weighted by molar-refractivity contribution is 5.91. The Kier molecular flexibility index (Phi) is 4.35. The molecule has 0 saturated carbocycles. The van der Waals surface area contributed by atoms with Crippen molar-refractivity contribution in [2.75, 3.05) is 13.2 Å². The number of nitrogens with zero attached hydrogens (tertiary/aromatic N) is 1. The van der Waals surface area contributed by atoms with Crippen molar-refractivity contribution in [3.05, 3.63) is 47.5 Å². The average molecular weight is 355 g/mol. The molecule has 1 spiro atoms. The number of hydrogen-bond acceptors (Lipinski definition) is 4. The number of likely N-dealkylation sites (tertiary alicyclic amines) is 1. The van der Waals surface area contributed by atoms with Crippen LogP contribution in [0.5, 0.6) is 0 Å². The number of rotatable bonds is 6. The van der Waals surface area contributed by atoms with Crippen LogP contribution in [0.4, 0.5) is 0 Å². The fourth-order valence-corrected chi connectivity index (χ4v) is 4.31. The number of aryl methyl sites for hydroxylation is 1. The maximum Gasteiger partial charge on any atom is 0.312 e. The molecule has 138 valence electrons. The monoisotopic (exact) mass is 355 g/mol. The van der Waals surface area contributed by atoms with Crippen LogP contribution in [0.25, 0.3) is 0 Å². The number of carbonyl (C=O) groups is 2. The molecular weight excluding hydrogens is 330 g/mol. The van der Waals surface area contributed by atoms with Crippen LogP contribution in [-0.4, -0.2) is 41.6 Å². The lowest BCUT2D eigenvalue weighted by atomic mass is 9.77. The number of carbonyl (C=O) groups excluding carboxylic acids is 2. The first-order valence-electron chi connectivity index (χ1n) is 9.42. The van der Waals surface area contributed by atoms with Gasteiger partial charge in [-0.15, -0.1) is 0 Å². The van der Waals surface area contributed by atoms with E-state index in [1.165, 1.54) is 5.56 Å². The number of esters is 1. The third-order valence-electron chi connectivity index (χ3n) is 5.69. The summed E-state index contributed by atoms with van der Waals surface area (Å²) in [6.45, 7) is 5.53. The number of fused-ring (bicyclic) bond motifs is 1. The van der Waals surface area contributed by atoms with Crippen molar-refractivity contribution in [1.82, 2.24) is 4.90 Å².